The van der Waals surface area contributed by atoms with Gasteiger partial charge < -0.3 is 44.8 Å². The summed E-state index contributed by atoms with van der Waals surface area (Å²) in [4.78, 5) is 0. The third-order valence-electron chi connectivity index (χ3n) is 4.82. The van der Waals surface area contributed by atoms with Crippen LogP contribution >= 0.6 is 0 Å². The van der Waals surface area contributed by atoms with Crippen LogP contribution in [-0.4, -0.2) is 92.1 Å². The van der Waals surface area contributed by atoms with Gasteiger partial charge in [0.2, 0.25) is 0 Å². The van der Waals surface area contributed by atoms with Crippen molar-refractivity contribution in [2.75, 3.05) is 0 Å². The van der Waals surface area contributed by atoms with Gasteiger partial charge in [0, 0.05) is 0 Å². The normalized spacial score (nSPS) is 47.8. The first-order valence-electron chi connectivity index (χ1n) is 9.01. The van der Waals surface area contributed by atoms with E-state index >= 15 is 0 Å². The van der Waals surface area contributed by atoms with Crippen molar-refractivity contribution < 1.29 is 44.8 Å². The smallest absolute Gasteiger partial charge is 0.189 e. The van der Waals surface area contributed by atoms with Gasteiger partial charge in [-0.1, -0.05) is 27.7 Å². The zero-order chi connectivity index (χ0) is 19.8. The molecule has 154 valence electrons. The Kier molecular flexibility index (Phi) is 7.03. The molecule has 9 heteroatoms. The molecule has 26 heavy (non-hydrogen) atoms. The largest absolute Gasteiger partial charge is 0.388 e. The summed E-state index contributed by atoms with van der Waals surface area (Å²) < 4.78 is 16.6. The van der Waals surface area contributed by atoms with Crippen LogP contribution in [0.25, 0.3) is 0 Å². The lowest BCUT2D eigenvalue weighted by molar-refractivity contribution is -0.375. The molecule has 0 amide bonds. The van der Waals surface area contributed by atoms with E-state index in [2.05, 4.69) is 0 Å². The maximum atomic E-state index is 10.2. The topological polar surface area (TPSA) is 149 Å². The number of rotatable bonds is 4. The van der Waals surface area contributed by atoms with Crippen LogP contribution in [0.15, 0.2) is 0 Å². The monoisotopic (exact) mass is 380 g/mol. The van der Waals surface area contributed by atoms with Gasteiger partial charge in [-0.15, -0.1) is 0 Å². The molecule has 0 aliphatic carbocycles. The van der Waals surface area contributed by atoms with Crippen molar-refractivity contribution in [1.82, 2.24) is 0 Å². The summed E-state index contributed by atoms with van der Waals surface area (Å²) in [6.07, 6.45) is -12.2. The summed E-state index contributed by atoms with van der Waals surface area (Å²) in [6.45, 7) is 7.55. The summed E-state index contributed by atoms with van der Waals surface area (Å²) >= 11 is 0. The Morgan fingerprint density at radius 3 is 1.54 bits per heavy atom. The van der Waals surface area contributed by atoms with Crippen molar-refractivity contribution in [1.29, 1.82) is 0 Å². The number of aliphatic hydroxyl groups is 6. The molecule has 0 aromatic carbocycles. The van der Waals surface area contributed by atoms with Crippen LogP contribution in [0.5, 0.6) is 0 Å². The maximum Gasteiger partial charge on any atom is 0.189 e. The van der Waals surface area contributed by atoms with Crippen molar-refractivity contribution in [2.45, 2.75) is 102 Å². The van der Waals surface area contributed by atoms with Gasteiger partial charge in [0.25, 0.3) is 0 Å². The first-order chi connectivity index (χ1) is 12.0. The Hall–Kier alpha value is -0.360. The fraction of sp³-hybridized carbons (Fsp3) is 1.00. The van der Waals surface area contributed by atoms with Gasteiger partial charge in [-0.3, -0.25) is 0 Å². The quantitative estimate of drug-likeness (QED) is 0.341. The second-order valence-electron chi connectivity index (χ2n) is 8.34. The van der Waals surface area contributed by atoms with E-state index in [1.54, 1.807) is 6.92 Å². The van der Waals surface area contributed by atoms with Crippen LogP contribution in [0.1, 0.15) is 40.5 Å². The second kappa shape index (κ2) is 8.34. The van der Waals surface area contributed by atoms with E-state index in [4.69, 9.17) is 14.2 Å². The van der Waals surface area contributed by atoms with Crippen molar-refractivity contribution in [3.63, 3.8) is 0 Å². The zero-order valence-corrected chi connectivity index (χ0v) is 15.6. The Balaban J connectivity index is 2.11. The molecule has 0 bridgehead atoms. The van der Waals surface area contributed by atoms with Crippen LogP contribution in [0, 0.1) is 5.41 Å². The van der Waals surface area contributed by atoms with Gasteiger partial charge in [0.1, 0.15) is 36.6 Å². The summed E-state index contributed by atoms with van der Waals surface area (Å²) in [6, 6.07) is 0. The van der Waals surface area contributed by atoms with Gasteiger partial charge in [-0.2, -0.15) is 0 Å². The van der Waals surface area contributed by atoms with E-state index in [9.17, 15) is 30.6 Å². The molecule has 0 radical (unpaired) electrons. The second-order valence-corrected chi connectivity index (χ2v) is 8.34. The lowest BCUT2D eigenvalue weighted by atomic mass is 9.84. The Bertz CT molecular complexity index is 452. The minimum absolute atomic E-state index is 0.216. The molecule has 2 saturated heterocycles. The third kappa shape index (κ3) is 4.73. The Morgan fingerprint density at radius 2 is 1.12 bits per heavy atom. The van der Waals surface area contributed by atoms with E-state index in [0.717, 1.165) is 0 Å². The van der Waals surface area contributed by atoms with Crippen molar-refractivity contribution in [3.8, 4) is 0 Å². The van der Waals surface area contributed by atoms with Crippen LogP contribution in [0.4, 0.5) is 0 Å². The van der Waals surface area contributed by atoms with E-state index in [0.29, 0.717) is 12.8 Å². The molecule has 9 nitrogen and oxygen atoms in total. The molecule has 10 atom stereocenters. The molecular formula is C17H32O9. The highest BCUT2D eigenvalue weighted by Crippen LogP contribution is 2.33. The molecule has 2 aliphatic heterocycles. The van der Waals surface area contributed by atoms with E-state index < -0.39 is 61.4 Å². The van der Waals surface area contributed by atoms with Crippen molar-refractivity contribution in [3.05, 3.63) is 0 Å². The predicted octanol–water partition coefficient (Wildman–Crippen LogP) is -1.54. The Morgan fingerprint density at radius 1 is 0.692 bits per heavy atom. The van der Waals surface area contributed by atoms with E-state index in [-0.39, 0.29) is 5.41 Å². The molecule has 0 aromatic rings. The number of ether oxygens (including phenoxy) is 3. The van der Waals surface area contributed by atoms with Gasteiger partial charge in [-0.05, 0) is 18.3 Å². The molecule has 2 aliphatic rings. The fourth-order valence-corrected chi connectivity index (χ4v) is 3.30. The highest BCUT2D eigenvalue weighted by molar-refractivity contribution is 4.93. The first-order valence-corrected chi connectivity index (χ1v) is 9.01. The van der Waals surface area contributed by atoms with Crippen LogP contribution in [0.2, 0.25) is 0 Å². The van der Waals surface area contributed by atoms with Gasteiger partial charge in [-0.25, -0.2) is 0 Å². The van der Waals surface area contributed by atoms with Crippen LogP contribution in [0.3, 0.4) is 0 Å². The molecule has 2 rings (SSSR count). The maximum absolute atomic E-state index is 10.2. The minimum atomic E-state index is -1.57. The average molecular weight is 380 g/mol. The molecule has 0 saturated carbocycles. The first kappa shape index (κ1) is 21.9. The van der Waals surface area contributed by atoms with Crippen LogP contribution in [-0.2, 0) is 14.2 Å². The molecule has 2 fully saturated rings. The molecular weight excluding hydrogens is 348 g/mol. The van der Waals surface area contributed by atoms with Crippen LogP contribution < -0.4 is 0 Å². The third-order valence-corrected chi connectivity index (χ3v) is 4.82. The lowest BCUT2D eigenvalue weighted by Gasteiger charge is -2.45. The highest BCUT2D eigenvalue weighted by Gasteiger charge is 2.49. The van der Waals surface area contributed by atoms with E-state index in [1.165, 1.54) is 0 Å². The SMILES string of the molecule is CCC1O[C@H](O[C@H]2OC(CC(C)(C)C)[C@@H](O)[C@H](O)C2O)[C@H](O)C(O)[C@@H]1O. The summed E-state index contributed by atoms with van der Waals surface area (Å²) in [5, 5.41) is 60.4. The van der Waals surface area contributed by atoms with Crippen molar-refractivity contribution in [2.24, 2.45) is 5.41 Å². The standard InChI is InChI=1S/C17H32O9/c1-5-7-9(18)11(20)13(22)15(24-7)26-16-14(23)12(21)10(19)8(25-16)6-17(2,3)4/h7-16,18-23H,5-6H2,1-4H3/t7?,8?,9-,10-,11?,12+,13-,14?,15-,16-/m1/s1. The molecule has 4 unspecified atom stereocenters. The lowest BCUT2D eigenvalue weighted by Crippen LogP contribution is -2.63. The predicted molar refractivity (Wildman–Crippen MR) is 88.8 cm³/mol. The molecule has 6 N–H and O–H groups in total. The average Bonchev–Trinajstić information content (AvgIpc) is 2.56. The summed E-state index contributed by atoms with van der Waals surface area (Å²) in [5.41, 5.74) is -0.216. The minimum Gasteiger partial charge on any atom is -0.388 e. The molecule has 2 heterocycles. The number of hydrogen-bond acceptors (Lipinski definition) is 9. The fourth-order valence-electron chi connectivity index (χ4n) is 3.30. The number of aliphatic hydroxyl groups excluding tert-OH is 6. The Labute approximate surface area is 153 Å². The summed E-state index contributed by atoms with van der Waals surface area (Å²) in [7, 11) is 0. The van der Waals surface area contributed by atoms with Gasteiger partial charge >= 0.3 is 0 Å². The van der Waals surface area contributed by atoms with Gasteiger partial charge in [0.15, 0.2) is 12.6 Å². The number of hydrogen-bond donors (Lipinski definition) is 6. The molecule has 0 aromatic heterocycles. The zero-order valence-electron chi connectivity index (χ0n) is 15.6. The van der Waals surface area contributed by atoms with Gasteiger partial charge in [0.05, 0.1) is 12.2 Å². The van der Waals surface area contributed by atoms with Crippen molar-refractivity contribution >= 4 is 0 Å². The highest BCUT2D eigenvalue weighted by atomic mass is 16.8. The molecule has 0 spiro atoms. The summed E-state index contributed by atoms with van der Waals surface area (Å²) in [5.74, 6) is 0. The van der Waals surface area contributed by atoms with E-state index in [1.807, 2.05) is 20.8 Å².